The molecule has 19 heavy (non-hydrogen) atoms. The first kappa shape index (κ1) is 14.1. The van der Waals surface area contributed by atoms with Crippen molar-refractivity contribution in [3.05, 3.63) is 29.3 Å². The molecule has 1 aromatic carbocycles. The van der Waals surface area contributed by atoms with E-state index in [0.717, 1.165) is 16.8 Å². The van der Waals surface area contributed by atoms with Gasteiger partial charge < -0.3 is 10.2 Å². The summed E-state index contributed by atoms with van der Waals surface area (Å²) in [5.74, 6) is 0.124. The molecule has 0 fully saturated rings. The fraction of sp³-hybridized carbons (Fsp3) is 0.429. The van der Waals surface area contributed by atoms with Gasteiger partial charge in [-0.1, -0.05) is 26.0 Å². The van der Waals surface area contributed by atoms with E-state index in [-0.39, 0.29) is 16.1 Å². The van der Waals surface area contributed by atoms with Crippen molar-refractivity contribution in [2.45, 2.75) is 25.7 Å². The molecule has 0 radical (unpaired) electrons. The fourth-order valence-corrected chi connectivity index (χ4v) is 2.42. The molecule has 1 aliphatic rings. The van der Waals surface area contributed by atoms with Crippen molar-refractivity contribution in [1.29, 1.82) is 0 Å². The highest BCUT2D eigenvalue weighted by molar-refractivity contribution is 9.18. The van der Waals surface area contributed by atoms with Crippen LogP contribution < -0.4 is 10.2 Å². The Morgan fingerprint density at radius 1 is 1.47 bits per heavy atom. The van der Waals surface area contributed by atoms with E-state index in [1.54, 1.807) is 11.9 Å². The largest absolute Gasteiger partial charge is 0.346 e. The SMILES string of the molecule is CN1C(=O)Cc2cc(C(C)(C)CNC(=O)Br)ccc21. The van der Waals surface area contributed by atoms with E-state index in [1.807, 2.05) is 12.1 Å². The molecule has 102 valence electrons. The zero-order valence-electron chi connectivity index (χ0n) is 11.3. The standard InChI is InChI=1S/C14H17BrN2O2/c1-14(2,8-16-13(15)19)10-4-5-11-9(6-10)7-12(18)17(11)3/h4-6H,7-8H2,1-3H3,(H,16,19). The van der Waals surface area contributed by atoms with Crippen LogP contribution in [0.4, 0.5) is 10.5 Å². The van der Waals surface area contributed by atoms with Crippen LogP contribution in [-0.2, 0) is 16.6 Å². The summed E-state index contributed by atoms with van der Waals surface area (Å²) in [4.78, 5) is 24.1. The molecule has 1 aliphatic heterocycles. The molecule has 4 nitrogen and oxygen atoms in total. The number of likely N-dealkylation sites (N-methyl/N-ethyl adjacent to an activating group) is 1. The summed E-state index contributed by atoms with van der Waals surface area (Å²) in [5, 5.41) is 2.77. The minimum Gasteiger partial charge on any atom is -0.346 e. The second-order valence-corrected chi connectivity index (χ2v) is 6.20. The molecule has 0 atom stereocenters. The number of carbonyl (C=O) groups is 2. The molecule has 0 bridgehead atoms. The minimum absolute atomic E-state index is 0.124. The molecule has 0 saturated heterocycles. The van der Waals surface area contributed by atoms with Crippen LogP contribution in [0.1, 0.15) is 25.0 Å². The Hall–Kier alpha value is -1.36. The smallest absolute Gasteiger partial charge is 0.287 e. The zero-order valence-corrected chi connectivity index (χ0v) is 12.9. The van der Waals surface area contributed by atoms with Gasteiger partial charge in [0.15, 0.2) is 0 Å². The van der Waals surface area contributed by atoms with Crippen LogP contribution in [0.3, 0.4) is 0 Å². The maximum atomic E-state index is 11.7. The number of hydrogen-bond acceptors (Lipinski definition) is 2. The first-order valence-corrected chi connectivity index (χ1v) is 6.94. The van der Waals surface area contributed by atoms with Crippen LogP contribution in [-0.4, -0.2) is 24.3 Å². The Morgan fingerprint density at radius 3 is 2.79 bits per heavy atom. The monoisotopic (exact) mass is 324 g/mol. The van der Waals surface area contributed by atoms with Gasteiger partial charge in [-0.25, -0.2) is 0 Å². The molecule has 0 unspecified atom stereocenters. The molecule has 0 aromatic heterocycles. The number of anilines is 1. The Balaban J connectivity index is 2.25. The van der Waals surface area contributed by atoms with Gasteiger partial charge in [-0.15, -0.1) is 0 Å². The lowest BCUT2D eigenvalue weighted by molar-refractivity contribution is -0.117. The van der Waals surface area contributed by atoms with Crippen molar-refractivity contribution in [1.82, 2.24) is 5.32 Å². The van der Waals surface area contributed by atoms with Gasteiger partial charge in [0, 0.05) is 40.6 Å². The summed E-state index contributed by atoms with van der Waals surface area (Å²) in [6, 6.07) is 6.07. The molecule has 1 aromatic rings. The van der Waals surface area contributed by atoms with E-state index in [4.69, 9.17) is 0 Å². The lowest BCUT2D eigenvalue weighted by Gasteiger charge is -2.26. The Morgan fingerprint density at radius 2 is 2.16 bits per heavy atom. The van der Waals surface area contributed by atoms with E-state index in [0.29, 0.717) is 13.0 Å². The third-order valence-electron chi connectivity index (χ3n) is 3.61. The molecule has 1 N–H and O–H groups in total. The van der Waals surface area contributed by atoms with Gasteiger partial charge in [0.05, 0.1) is 6.42 Å². The van der Waals surface area contributed by atoms with E-state index in [1.165, 1.54) is 0 Å². The highest BCUT2D eigenvalue weighted by Gasteiger charge is 2.27. The first-order chi connectivity index (χ1) is 8.81. The lowest BCUT2D eigenvalue weighted by atomic mass is 9.83. The number of carbonyl (C=O) groups excluding carboxylic acids is 2. The Bertz CT molecular complexity index is 540. The highest BCUT2D eigenvalue weighted by atomic mass is 79.9. The van der Waals surface area contributed by atoms with Gasteiger partial charge in [-0.3, -0.25) is 9.59 Å². The number of nitrogens with one attached hydrogen (secondary N) is 1. The van der Waals surface area contributed by atoms with E-state index in [9.17, 15) is 9.59 Å². The summed E-state index contributed by atoms with van der Waals surface area (Å²) in [7, 11) is 1.80. The molecular formula is C14H17BrN2O2. The summed E-state index contributed by atoms with van der Waals surface area (Å²) in [6.45, 7) is 4.68. The van der Waals surface area contributed by atoms with Crippen LogP contribution in [0.25, 0.3) is 0 Å². The number of hydrogen-bond donors (Lipinski definition) is 1. The molecule has 2 rings (SSSR count). The third-order valence-corrected chi connectivity index (χ3v) is 3.89. The van der Waals surface area contributed by atoms with E-state index < -0.39 is 0 Å². The van der Waals surface area contributed by atoms with Gasteiger partial charge >= 0.3 is 0 Å². The quantitative estimate of drug-likeness (QED) is 0.686. The number of rotatable bonds is 3. The maximum absolute atomic E-state index is 11.7. The highest BCUT2D eigenvalue weighted by Crippen LogP contribution is 2.32. The molecule has 0 saturated carbocycles. The molecule has 0 aliphatic carbocycles. The Labute approximate surface area is 121 Å². The average molecular weight is 325 g/mol. The fourth-order valence-electron chi connectivity index (χ4n) is 2.28. The van der Waals surface area contributed by atoms with Crippen molar-refractivity contribution in [2.24, 2.45) is 0 Å². The van der Waals surface area contributed by atoms with Crippen molar-refractivity contribution >= 4 is 32.3 Å². The number of fused-ring (bicyclic) bond motifs is 1. The number of benzene rings is 1. The summed E-state index contributed by atoms with van der Waals surface area (Å²) in [6.07, 6.45) is 0.459. The minimum atomic E-state index is -0.211. The predicted molar refractivity (Wildman–Crippen MR) is 78.9 cm³/mol. The normalized spacial score (nSPS) is 14.5. The summed E-state index contributed by atoms with van der Waals surface area (Å²) in [5.41, 5.74) is 2.98. The van der Waals surface area contributed by atoms with Crippen LogP contribution in [0, 0.1) is 0 Å². The van der Waals surface area contributed by atoms with Gasteiger partial charge in [0.2, 0.25) is 5.91 Å². The predicted octanol–water partition coefficient (Wildman–Crippen LogP) is 2.59. The Kier molecular flexibility index (Phi) is 3.67. The average Bonchev–Trinajstić information content (AvgIpc) is 2.62. The van der Waals surface area contributed by atoms with Gasteiger partial charge in [0.25, 0.3) is 4.82 Å². The van der Waals surface area contributed by atoms with Crippen molar-refractivity contribution in [2.75, 3.05) is 18.5 Å². The van der Waals surface area contributed by atoms with Gasteiger partial charge in [-0.2, -0.15) is 0 Å². The van der Waals surface area contributed by atoms with E-state index in [2.05, 4.69) is 41.2 Å². The number of nitrogens with zero attached hydrogens (tertiary/aromatic N) is 1. The van der Waals surface area contributed by atoms with Crippen LogP contribution in [0.2, 0.25) is 0 Å². The number of amides is 2. The second kappa shape index (κ2) is 4.96. The van der Waals surface area contributed by atoms with Crippen LogP contribution >= 0.6 is 15.9 Å². The van der Waals surface area contributed by atoms with Crippen molar-refractivity contribution < 1.29 is 9.59 Å². The molecule has 0 spiro atoms. The molecule has 5 heteroatoms. The second-order valence-electron chi connectivity index (χ2n) is 5.48. The molecular weight excluding hydrogens is 308 g/mol. The zero-order chi connectivity index (χ0) is 14.2. The van der Waals surface area contributed by atoms with Crippen molar-refractivity contribution in [3.8, 4) is 0 Å². The lowest BCUT2D eigenvalue weighted by Crippen LogP contribution is -2.34. The third kappa shape index (κ3) is 2.81. The van der Waals surface area contributed by atoms with E-state index >= 15 is 0 Å². The molecule has 1 heterocycles. The van der Waals surface area contributed by atoms with Crippen LogP contribution in [0.5, 0.6) is 0 Å². The van der Waals surface area contributed by atoms with Crippen LogP contribution in [0.15, 0.2) is 18.2 Å². The summed E-state index contributed by atoms with van der Waals surface area (Å²) < 4.78 is 0. The van der Waals surface area contributed by atoms with Gasteiger partial charge in [0.1, 0.15) is 0 Å². The number of halogens is 1. The van der Waals surface area contributed by atoms with Crippen molar-refractivity contribution in [3.63, 3.8) is 0 Å². The molecule has 2 amide bonds. The summed E-state index contributed by atoms with van der Waals surface area (Å²) >= 11 is 2.86. The van der Waals surface area contributed by atoms with Gasteiger partial charge in [-0.05, 0) is 17.2 Å². The topological polar surface area (TPSA) is 49.4 Å². The first-order valence-electron chi connectivity index (χ1n) is 6.14. The maximum Gasteiger partial charge on any atom is 0.287 e.